The van der Waals surface area contributed by atoms with E-state index in [1.54, 1.807) is 0 Å². The van der Waals surface area contributed by atoms with Crippen LogP contribution in [-0.4, -0.2) is 17.8 Å². The average molecular weight is 797 g/mol. The van der Waals surface area contributed by atoms with E-state index in [-0.39, 0.29) is 20.9 Å². The minimum absolute atomic E-state index is 0.261. The standard InChI is InChI=1S/C44H26F6S4/c1-21-13-16-34(51-21)36-19-31(22(2)52-36)40-41(43(47,48)44(49,50)42(40,45)46)32-20-37(53-23(32)3)35-18-17-33(54-35)25-14-15-30-28-10-5-8-24-7-4-9-27(38(24)28)29-12-6-11-26(25)39(29)30/h4-20H,1-3H3. The van der Waals surface area contributed by atoms with E-state index in [4.69, 9.17) is 0 Å². The summed E-state index contributed by atoms with van der Waals surface area (Å²) in [5.41, 5.74) is -2.15. The lowest BCUT2D eigenvalue weighted by Gasteiger charge is -2.25. The molecule has 4 aromatic heterocycles. The van der Waals surface area contributed by atoms with Gasteiger partial charge in [0, 0.05) is 50.2 Å². The summed E-state index contributed by atoms with van der Waals surface area (Å²) in [5.74, 6) is -15.8. The summed E-state index contributed by atoms with van der Waals surface area (Å²) in [6, 6.07) is 33.5. The number of rotatable bonds is 5. The Morgan fingerprint density at radius 2 is 0.889 bits per heavy atom. The van der Waals surface area contributed by atoms with Crippen LogP contribution in [0.15, 0.2) is 103 Å². The van der Waals surface area contributed by atoms with Crippen LogP contribution in [0.25, 0.3) is 84.2 Å². The Morgan fingerprint density at radius 3 is 1.46 bits per heavy atom. The van der Waals surface area contributed by atoms with Gasteiger partial charge in [-0.1, -0.05) is 66.7 Å². The van der Waals surface area contributed by atoms with Gasteiger partial charge in [0.15, 0.2) is 0 Å². The molecule has 54 heavy (non-hydrogen) atoms. The van der Waals surface area contributed by atoms with Gasteiger partial charge in [-0.3, -0.25) is 0 Å². The molecule has 0 spiro atoms. The summed E-state index contributed by atoms with van der Waals surface area (Å²) in [6.07, 6.45) is 0. The Hall–Kier alpha value is -4.48. The molecule has 0 fully saturated rings. The van der Waals surface area contributed by atoms with Crippen LogP contribution in [-0.2, 0) is 0 Å². The second kappa shape index (κ2) is 11.5. The van der Waals surface area contributed by atoms with Gasteiger partial charge in [-0.15, -0.1) is 45.3 Å². The highest BCUT2D eigenvalue weighted by molar-refractivity contribution is 7.24. The number of aryl methyl sites for hydroxylation is 3. The molecule has 0 radical (unpaired) electrons. The average Bonchev–Trinajstić information content (AvgIpc) is 3.97. The molecule has 0 nitrogen and oxygen atoms in total. The highest BCUT2D eigenvalue weighted by Gasteiger charge is 2.80. The Morgan fingerprint density at radius 1 is 0.407 bits per heavy atom. The number of halogens is 6. The minimum Gasteiger partial charge on any atom is -0.194 e. The zero-order valence-corrected chi connectivity index (χ0v) is 32.0. The van der Waals surface area contributed by atoms with E-state index in [1.165, 1.54) is 70.2 Å². The zero-order valence-electron chi connectivity index (χ0n) is 28.7. The number of thiophene rings is 4. The number of benzene rings is 5. The normalized spacial score (nSPS) is 16.6. The zero-order chi connectivity index (χ0) is 37.5. The molecule has 0 unspecified atom stereocenters. The Kier molecular flexibility index (Phi) is 7.26. The molecular weight excluding hydrogens is 771 g/mol. The van der Waals surface area contributed by atoms with Crippen molar-refractivity contribution < 1.29 is 26.3 Å². The van der Waals surface area contributed by atoms with Gasteiger partial charge in [0.25, 0.3) is 0 Å². The van der Waals surface area contributed by atoms with Crippen LogP contribution >= 0.6 is 45.3 Å². The highest BCUT2D eigenvalue weighted by atomic mass is 32.1. The lowest BCUT2D eigenvalue weighted by Crippen LogP contribution is -2.48. The molecule has 0 bridgehead atoms. The molecule has 9 aromatic rings. The third-order valence-electron chi connectivity index (χ3n) is 10.7. The quantitative estimate of drug-likeness (QED) is 0.0924. The molecule has 4 heterocycles. The van der Waals surface area contributed by atoms with Crippen molar-refractivity contribution in [1.29, 1.82) is 0 Å². The number of alkyl halides is 6. The first-order chi connectivity index (χ1) is 25.8. The van der Waals surface area contributed by atoms with Crippen molar-refractivity contribution in [3.63, 3.8) is 0 Å². The fourth-order valence-corrected chi connectivity index (χ4v) is 12.3. The van der Waals surface area contributed by atoms with Crippen LogP contribution in [0.5, 0.6) is 0 Å². The predicted molar refractivity (Wildman–Crippen MR) is 218 cm³/mol. The van der Waals surface area contributed by atoms with Gasteiger partial charge in [-0.2, -0.15) is 26.3 Å². The first-order valence-corrected chi connectivity index (χ1v) is 20.4. The van der Waals surface area contributed by atoms with Crippen molar-refractivity contribution in [2.45, 2.75) is 38.5 Å². The maximum absolute atomic E-state index is 15.9. The SMILES string of the molecule is Cc1ccc(-c2cc(C3=C(c4cc(-c5ccc(-c6ccc7c8cccc9cccc(c%10cccc6c%107)c98)s5)sc4C)C(F)(F)C(F)(F)C3(F)F)c(C)s2)s1. The second-order valence-corrected chi connectivity index (χ2v) is 18.7. The van der Waals surface area contributed by atoms with E-state index in [9.17, 15) is 0 Å². The topological polar surface area (TPSA) is 0 Å². The molecule has 0 amide bonds. The highest BCUT2D eigenvalue weighted by Crippen LogP contribution is 2.66. The Balaban J connectivity index is 1.11. The van der Waals surface area contributed by atoms with Gasteiger partial charge in [-0.25, -0.2) is 0 Å². The summed E-state index contributed by atoms with van der Waals surface area (Å²) in [7, 11) is 0. The van der Waals surface area contributed by atoms with Crippen LogP contribution in [0.2, 0.25) is 0 Å². The minimum atomic E-state index is -5.62. The van der Waals surface area contributed by atoms with Gasteiger partial charge in [0.1, 0.15) is 0 Å². The van der Waals surface area contributed by atoms with Crippen molar-refractivity contribution >= 4 is 99.6 Å². The van der Waals surface area contributed by atoms with Crippen LogP contribution in [0.3, 0.4) is 0 Å². The lowest BCUT2D eigenvalue weighted by molar-refractivity contribution is -0.254. The number of hydrogen-bond acceptors (Lipinski definition) is 4. The van der Waals surface area contributed by atoms with E-state index < -0.39 is 28.9 Å². The largest absolute Gasteiger partial charge is 0.380 e. The molecule has 268 valence electrons. The molecule has 1 aliphatic carbocycles. The number of fused-ring (bicyclic) bond motifs is 2. The molecule has 0 saturated heterocycles. The van der Waals surface area contributed by atoms with E-state index in [0.717, 1.165) is 69.3 Å². The third kappa shape index (κ3) is 4.54. The van der Waals surface area contributed by atoms with Crippen molar-refractivity contribution in [1.82, 2.24) is 0 Å². The van der Waals surface area contributed by atoms with Gasteiger partial charge in [0.2, 0.25) is 0 Å². The first-order valence-electron chi connectivity index (χ1n) is 17.1. The predicted octanol–water partition coefficient (Wildman–Crippen LogP) is 15.7. The fraction of sp³-hybridized carbons (Fsp3) is 0.136. The maximum Gasteiger partial charge on any atom is 0.380 e. The fourth-order valence-electron chi connectivity index (χ4n) is 8.18. The summed E-state index contributed by atoms with van der Waals surface area (Å²) in [4.78, 5) is 5.04. The van der Waals surface area contributed by atoms with Crippen molar-refractivity contribution in [3.05, 3.63) is 129 Å². The summed E-state index contributed by atoms with van der Waals surface area (Å²) < 4.78 is 94.2. The van der Waals surface area contributed by atoms with E-state index in [2.05, 4.69) is 66.7 Å². The summed E-state index contributed by atoms with van der Waals surface area (Å²) >= 11 is 5.14. The number of allylic oxidation sites excluding steroid dienone is 2. The van der Waals surface area contributed by atoms with Crippen LogP contribution in [0.4, 0.5) is 26.3 Å². The smallest absolute Gasteiger partial charge is 0.194 e. The molecule has 0 saturated carbocycles. The Bertz CT molecular complexity index is 2970. The van der Waals surface area contributed by atoms with E-state index >= 15 is 26.3 Å². The van der Waals surface area contributed by atoms with Gasteiger partial charge in [0.05, 0.1) is 0 Å². The van der Waals surface area contributed by atoms with Crippen LogP contribution in [0, 0.1) is 20.8 Å². The maximum atomic E-state index is 15.9. The van der Waals surface area contributed by atoms with Crippen LogP contribution in [0.1, 0.15) is 25.8 Å². The molecule has 0 atom stereocenters. The van der Waals surface area contributed by atoms with Crippen molar-refractivity contribution in [2.24, 2.45) is 0 Å². The van der Waals surface area contributed by atoms with Crippen molar-refractivity contribution in [2.75, 3.05) is 0 Å². The van der Waals surface area contributed by atoms with Gasteiger partial charge in [-0.05, 0) is 117 Å². The molecular formula is C44H26F6S4. The molecule has 5 aromatic carbocycles. The van der Waals surface area contributed by atoms with Crippen LogP contribution < -0.4 is 0 Å². The van der Waals surface area contributed by atoms with E-state index in [0.29, 0.717) is 9.75 Å². The van der Waals surface area contributed by atoms with Gasteiger partial charge < -0.3 is 0 Å². The van der Waals surface area contributed by atoms with Crippen molar-refractivity contribution in [3.8, 4) is 29.9 Å². The monoisotopic (exact) mass is 796 g/mol. The molecule has 0 aliphatic heterocycles. The molecule has 10 heteroatoms. The summed E-state index contributed by atoms with van der Waals surface area (Å²) in [6.45, 7) is 4.93. The molecule has 10 rings (SSSR count). The third-order valence-corrected chi connectivity index (χ3v) is 15.3. The Labute approximate surface area is 321 Å². The second-order valence-electron chi connectivity index (χ2n) is 13.8. The number of hydrogen-bond donors (Lipinski definition) is 0. The summed E-state index contributed by atoms with van der Waals surface area (Å²) in [5, 5.41) is 9.28. The van der Waals surface area contributed by atoms with Gasteiger partial charge >= 0.3 is 17.8 Å². The molecule has 0 N–H and O–H groups in total. The van der Waals surface area contributed by atoms with E-state index in [1.807, 2.05) is 31.2 Å². The molecule has 1 aliphatic rings. The first kappa shape index (κ1) is 34.0. The lowest BCUT2D eigenvalue weighted by atomic mass is 9.88.